The minimum atomic E-state index is -0.0197. The number of hydrogen-bond acceptors (Lipinski definition) is 2. The average Bonchev–Trinajstić information content (AvgIpc) is 2.60. The average molecular weight is 246 g/mol. The number of amides is 2. The van der Waals surface area contributed by atoms with E-state index >= 15 is 0 Å². The maximum atomic E-state index is 11.7. The number of carbonyl (C=O) groups excluding carboxylic acids is 2. The molecule has 3 nitrogen and oxygen atoms in total. The van der Waals surface area contributed by atoms with Crippen molar-refractivity contribution in [3.8, 4) is 0 Å². The van der Waals surface area contributed by atoms with Gasteiger partial charge in [-0.1, -0.05) is 13.3 Å². The molecule has 4 heteroatoms. The summed E-state index contributed by atoms with van der Waals surface area (Å²) >= 11 is 5.55. The van der Waals surface area contributed by atoms with Gasteiger partial charge in [-0.2, -0.15) is 0 Å². The van der Waals surface area contributed by atoms with Crippen molar-refractivity contribution in [1.29, 1.82) is 0 Å². The zero-order valence-electron chi connectivity index (χ0n) is 9.88. The minimum Gasteiger partial charge on any atom is -0.282 e. The van der Waals surface area contributed by atoms with Crippen LogP contribution in [0.15, 0.2) is 0 Å². The molecule has 1 heterocycles. The molecule has 0 aromatic carbocycles. The summed E-state index contributed by atoms with van der Waals surface area (Å²) in [5.74, 6) is 0.956. The lowest BCUT2D eigenvalue weighted by Gasteiger charge is -2.14. The predicted octanol–water partition coefficient (Wildman–Crippen LogP) is 2.57. The highest BCUT2D eigenvalue weighted by atomic mass is 35.5. The van der Waals surface area contributed by atoms with Gasteiger partial charge in [0.25, 0.3) is 0 Å². The molecule has 0 saturated carbocycles. The molecule has 1 saturated heterocycles. The van der Waals surface area contributed by atoms with Gasteiger partial charge in [0, 0.05) is 25.3 Å². The van der Waals surface area contributed by atoms with Gasteiger partial charge in [-0.3, -0.25) is 14.5 Å². The summed E-state index contributed by atoms with van der Waals surface area (Å²) in [4.78, 5) is 24.8. The fourth-order valence-corrected chi connectivity index (χ4v) is 2.32. The first-order valence-corrected chi connectivity index (χ1v) is 6.61. The lowest BCUT2D eigenvalue weighted by Crippen LogP contribution is -2.32. The Kier molecular flexibility index (Phi) is 5.81. The highest BCUT2D eigenvalue weighted by molar-refractivity contribution is 6.17. The van der Waals surface area contributed by atoms with Crippen molar-refractivity contribution in [3.05, 3.63) is 0 Å². The van der Waals surface area contributed by atoms with Gasteiger partial charge >= 0.3 is 0 Å². The second kappa shape index (κ2) is 6.89. The van der Waals surface area contributed by atoms with Crippen LogP contribution in [0.2, 0.25) is 0 Å². The van der Waals surface area contributed by atoms with Crippen molar-refractivity contribution < 1.29 is 9.59 Å². The van der Waals surface area contributed by atoms with Crippen molar-refractivity contribution in [3.63, 3.8) is 0 Å². The van der Waals surface area contributed by atoms with E-state index in [2.05, 4.69) is 6.92 Å². The maximum absolute atomic E-state index is 11.7. The molecule has 1 aliphatic heterocycles. The molecule has 0 aromatic heterocycles. The third-order valence-electron chi connectivity index (χ3n) is 2.98. The van der Waals surface area contributed by atoms with E-state index in [1.807, 2.05) is 0 Å². The third kappa shape index (κ3) is 3.78. The molecule has 0 aromatic rings. The van der Waals surface area contributed by atoms with Crippen molar-refractivity contribution in [2.45, 2.75) is 45.4 Å². The quantitative estimate of drug-likeness (QED) is 0.533. The molecule has 0 aliphatic carbocycles. The summed E-state index contributed by atoms with van der Waals surface area (Å²) < 4.78 is 0. The van der Waals surface area contributed by atoms with E-state index in [4.69, 9.17) is 11.6 Å². The molecule has 1 rings (SSSR count). The number of likely N-dealkylation sites (tertiary alicyclic amines) is 1. The van der Waals surface area contributed by atoms with E-state index in [9.17, 15) is 9.59 Å². The Morgan fingerprint density at radius 2 is 2.25 bits per heavy atom. The van der Waals surface area contributed by atoms with Gasteiger partial charge in [-0.05, 0) is 25.2 Å². The van der Waals surface area contributed by atoms with Crippen LogP contribution in [0.3, 0.4) is 0 Å². The van der Waals surface area contributed by atoms with Gasteiger partial charge < -0.3 is 0 Å². The molecule has 1 aliphatic rings. The van der Waals surface area contributed by atoms with Gasteiger partial charge in [0.2, 0.25) is 11.8 Å². The number of alkyl halides is 1. The van der Waals surface area contributed by atoms with Crippen molar-refractivity contribution >= 4 is 23.4 Å². The number of halogens is 1. The van der Waals surface area contributed by atoms with Crippen LogP contribution in [0.4, 0.5) is 0 Å². The normalized spacial score (nSPS) is 20.5. The van der Waals surface area contributed by atoms with Gasteiger partial charge in [0.05, 0.1) is 0 Å². The summed E-state index contributed by atoms with van der Waals surface area (Å²) in [6.07, 6.45) is 4.74. The van der Waals surface area contributed by atoms with Crippen LogP contribution in [-0.2, 0) is 9.59 Å². The predicted molar refractivity (Wildman–Crippen MR) is 64.3 cm³/mol. The lowest BCUT2D eigenvalue weighted by molar-refractivity contribution is -0.141. The second-order valence-corrected chi connectivity index (χ2v) is 4.78. The maximum Gasteiger partial charge on any atom is 0.229 e. The fraction of sp³-hybridized carbons (Fsp3) is 0.833. The van der Waals surface area contributed by atoms with E-state index in [1.54, 1.807) is 0 Å². The lowest BCUT2D eigenvalue weighted by atomic mass is 10.0. The first-order chi connectivity index (χ1) is 7.69. The van der Waals surface area contributed by atoms with E-state index < -0.39 is 0 Å². The van der Waals surface area contributed by atoms with E-state index in [0.29, 0.717) is 31.2 Å². The second-order valence-electron chi connectivity index (χ2n) is 4.40. The minimum absolute atomic E-state index is 0.00863. The van der Waals surface area contributed by atoms with E-state index in [-0.39, 0.29) is 11.8 Å². The Labute approximate surface area is 102 Å². The number of rotatable bonds is 6. The van der Waals surface area contributed by atoms with Crippen molar-refractivity contribution in [2.75, 3.05) is 12.4 Å². The molecule has 1 unspecified atom stereocenters. The molecule has 1 atom stereocenters. The third-order valence-corrected chi connectivity index (χ3v) is 3.24. The van der Waals surface area contributed by atoms with Crippen LogP contribution in [0.1, 0.15) is 45.4 Å². The SMILES string of the molecule is CCCC1CC(=O)N(C(=O)CCCCCl)C1. The Hall–Kier alpha value is -0.570. The Morgan fingerprint density at radius 1 is 1.50 bits per heavy atom. The van der Waals surface area contributed by atoms with Gasteiger partial charge in [-0.25, -0.2) is 0 Å². The number of nitrogens with zero attached hydrogens (tertiary/aromatic N) is 1. The molecular weight excluding hydrogens is 226 g/mol. The fourth-order valence-electron chi connectivity index (χ4n) is 2.13. The Balaban J connectivity index is 2.36. The molecule has 0 N–H and O–H groups in total. The van der Waals surface area contributed by atoms with Crippen LogP contribution in [0, 0.1) is 5.92 Å². The summed E-state index contributed by atoms with van der Waals surface area (Å²) in [7, 11) is 0. The van der Waals surface area contributed by atoms with Crippen LogP contribution in [0.5, 0.6) is 0 Å². The van der Waals surface area contributed by atoms with Crippen molar-refractivity contribution in [2.24, 2.45) is 5.92 Å². The van der Waals surface area contributed by atoms with E-state index in [0.717, 1.165) is 25.7 Å². The van der Waals surface area contributed by atoms with E-state index in [1.165, 1.54) is 4.90 Å². The first kappa shape index (κ1) is 13.5. The van der Waals surface area contributed by atoms with Gasteiger partial charge in [-0.15, -0.1) is 11.6 Å². The molecule has 0 radical (unpaired) electrons. The number of imide groups is 1. The molecular formula is C12H20ClNO2. The molecule has 1 fully saturated rings. The number of unbranched alkanes of at least 4 members (excludes halogenated alkanes) is 1. The van der Waals surface area contributed by atoms with Crippen LogP contribution in [0.25, 0.3) is 0 Å². The van der Waals surface area contributed by atoms with Crippen LogP contribution in [-0.4, -0.2) is 29.1 Å². The molecule has 92 valence electrons. The van der Waals surface area contributed by atoms with Crippen LogP contribution < -0.4 is 0 Å². The molecule has 16 heavy (non-hydrogen) atoms. The summed E-state index contributed by atoms with van der Waals surface area (Å²) in [5.41, 5.74) is 0. The highest BCUT2D eigenvalue weighted by Crippen LogP contribution is 2.23. The highest BCUT2D eigenvalue weighted by Gasteiger charge is 2.32. The van der Waals surface area contributed by atoms with Gasteiger partial charge in [0.1, 0.15) is 0 Å². The molecule has 0 bridgehead atoms. The number of carbonyl (C=O) groups is 2. The zero-order valence-corrected chi connectivity index (χ0v) is 10.6. The Morgan fingerprint density at radius 3 is 2.88 bits per heavy atom. The van der Waals surface area contributed by atoms with Crippen LogP contribution >= 0.6 is 11.6 Å². The van der Waals surface area contributed by atoms with Crippen molar-refractivity contribution in [1.82, 2.24) is 4.90 Å². The Bertz CT molecular complexity index is 255. The number of hydrogen-bond donors (Lipinski definition) is 0. The summed E-state index contributed by atoms with van der Waals surface area (Å²) in [6, 6.07) is 0. The topological polar surface area (TPSA) is 37.4 Å². The largest absolute Gasteiger partial charge is 0.282 e. The standard InChI is InChI=1S/C12H20ClNO2/c1-2-5-10-8-12(16)14(9-10)11(15)6-3-4-7-13/h10H,2-9H2,1H3. The monoisotopic (exact) mass is 245 g/mol. The molecule has 0 spiro atoms. The first-order valence-electron chi connectivity index (χ1n) is 6.08. The summed E-state index contributed by atoms with van der Waals surface area (Å²) in [5, 5.41) is 0. The molecule has 2 amide bonds. The smallest absolute Gasteiger partial charge is 0.229 e. The van der Waals surface area contributed by atoms with Gasteiger partial charge in [0.15, 0.2) is 0 Å². The summed E-state index contributed by atoms with van der Waals surface area (Å²) in [6.45, 7) is 2.74. The zero-order chi connectivity index (χ0) is 12.0.